The van der Waals surface area contributed by atoms with Crippen LogP contribution in [0.1, 0.15) is 36.0 Å². The molecule has 0 bridgehead atoms. The van der Waals surface area contributed by atoms with Crippen molar-refractivity contribution in [3.8, 4) is 0 Å². The topological polar surface area (TPSA) is 52.6 Å². The predicted octanol–water partition coefficient (Wildman–Crippen LogP) is 3.31. The number of hydrogen-bond donors (Lipinski definition) is 2. The van der Waals surface area contributed by atoms with Crippen molar-refractivity contribution in [1.82, 2.24) is 10.2 Å². The van der Waals surface area contributed by atoms with Crippen LogP contribution in [-0.2, 0) is 13.0 Å². The van der Waals surface area contributed by atoms with Gasteiger partial charge in [-0.1, -0.05) is 54.6 Å². The number of nitrogens with one attached hydrogen (secondary N) is 1. The van der Waals surface area contributed by atoms with Gasteiger partial charge in [-0.2, -0.15) is 0 Å². The van der Waals surface area contributed by atoms with Gasteiger partial charge in [0, 0.05) is 25.6 Å². The highest BCUT2D eigenvalue weighted by molar-refractivity contribution is 5.74. The summed E-state index contributed by atoms with van der Waals surface area (Å²) in [5, 5.41) is 12.8. The highest BCUT2D eigenvalue weighted by Crippen LogP contribution is 2.21. The molecule has 0 fully saturated rings. The smallest absolute Gasteiger partial charge is 0.317 e. The van der Waals surface area contributed by atoms with Crippen LogP contribution >= 0.6 is 0 Å². The minimum absolute atomic E-state index is 0.0268. The first-order chi connectivity index (χ1) is 12.1. The van der Waals surface area contributed by atoms with Crippen molar-refractivity contribution in [1.29, 1.82) is 0 Å². The molecule has 0 radical (unpaired) electrons. The van der Waals surface area contributed by atoms with Crippen molar-refractivity contribution in [3.05, 3.63) is 71.3 Å². The fraction of sp³-hybridized carbons (Fsp3) is 0.381. The lowest BCUT2D eigenvalue weighted by molar-refractivity contribution is 0.169. The first-order valence-corrected chi connectivity index (χ1v) is 8.96. The zero-order chi connectivity index (χ0) is 17.6. The molecule has 3 rings (SSSR count). The molecule has 2 N–H and O–H groups in total. The van der Waals surface area contributed by atoms with Crippen LogP contribution in [-0.4, -0.2) is 35.2 Å². The van der Waals surface area contributed by atoms with Gasteiger partial charge < -0.3 is 15.3 Å². The van der Waals surface area contributed by atoms with Gasteiger partial charge in [-0.3, -0.25) is 0 Å². The van der Waals surface area contributed by atoms with Crippen LogP contribution in [0.3, 0.4) is 0 Å². The molecule has 2 aromatic rings. The third-order valence-electron chi connectivity index (χ3n) is 4.81. The quantitative estimate of drug-likeness (QED) is 0.879. The lowest BCUT2D eigenvalue weighted by Gasteiger charge is -2.30. The lowest BCUT2D eigenvalue weighted by atomic mass is 9.93. The number of benzene rings is 2. The van der Waals surface area contributed by atoms with Crippen molar-refractivity contribution >= 4 is 6.03 Å². The Bertz CT molecular complexity index is 700. The molecule has 2 aromatic carbocycles. The molecule has 2 atom stereocenters. The average molecular weight is 338 g/mol. The van der Waals surface area contributed by atoms with Gasteiger partial charge in [0.1, 0.15) is 0 Å². The molecule has 0 unspecified atom stereocenters. The van der Waals surface area contributed by atoms with Crippen molar-refractivity contribution < 1.29 is 9.90 Å². The molecule has 2 amide bonds. The number of nitrogens with zero attached hydrogens (tertiary/aromatic N) is 1. The molecule has 4 heteroatoms. The van der Waals surface area contributed by atoms with E-state index in [9.17, 15) is 9.90 Å². The maximum Gasteiger partial charge on any atom is 0.317 e. The van der Waals surface area contributed by atoms with Crippen molar-refractivity contribution in [2.45, 2.75) is 38.3 Å². The van der Waals surface area contributed by atoms with E-state index >= 15 is 0 Å². The van der Waals surface area contributed by atoms with E-state index < -0.39 is 6.10 Å². The number of amides is 2. The van der Waals surface area contributed by atoms with E-state index in [1.54, 1.807) is 6.92 Å². The molecule has 0 aromatic heterocycles. The van der Waals surface area contributed by atoms with E-state index in [1.165, 1.54) is 11.1 Å². The fourth-order valence-electron chi connectivity index (χ4n) is 3.47. The lowest BCUT2D eigenvalue weighted by Crippen LogP contribution is -2.44. The van der Waals surface area contributed by atoms with E-state index in [-0.39, 0.29) is 11.9 Å². The standard InChI is InChI=1S/C21H26N2O2/c1-16(24)13-20(17-7-3-2-4-8-17)14-22-21(25)23-12-11-18-9-5-6-10-19(18)15-23/h2-10,16,20,24H,11-15H2,1H3,(H,22,25)/t16-,20+/m1/s1. The minimum atomic E-state index is -0.399. The third-order valence-corrected chi connectivity index (χ3v) is 4.81. The summed E-state index contributed by atoms with van der Waals surface area (Å²) in [5.74, 6) is 0.113. The van der Waals surface area contributed by atoms with Crippen LogP contribution in [0.4, 0.5) is 4.79 Å². The van der Waals surface area contributed by atoms with E-state index in [0.717, 1.165) is 18.5 Å². The molecule has 0 saturated carbocycles. The molecular formula is C21H26N2O2. The van der Waals surface area contributed by atoms with E-state index in [2.05, 4.69) is 35.6 Å². The average Bonchev–Trinajstić information content (AvgIpc) is 2.65. The molecule has 25 heavy (non-hydrogen) atoms. The van der Waals surface area contributed by atoms with Gasteiger partial charge in [0.15, 0.2) is 0 Å². The molecule has 1 aliphatic heterocycles. The summed E-state index contributed by atoms with van der Waals surface area (Å²) >= 11 is 0. The minimum Gasteiger partial charge on any atom is -0.393 e. The second kappa shape index (κ2) is 8.17. The molecule has 132 valence electrons. The van der Waals surface area contributed by atoms with Gasteiger partial charge in [0.25, 0.3) is 0 Å². The third kappa shape index (κ3) is 4.60. The van der Waals surface area contributed by atoms with Crippen LogP contribution < -0.4 is 5.32 Å². The molecule has 4 nitrogen and oxygen atoms in total. The highest BCUT2D eigenvalue weighted by atomic mass is 16.3. The highest BCUT2D eigenvalue weighted by Gasteiger charge is 2.22. The molecule has 1 heterocycles. The van der Waals surface area contributed by atoms with Gasteiger partial charge >= 0.3 is 6.03 Å². The van der Waals surface area contributed by atoms with E-state index in [4.69, 9.17) is 0 Å². The number of urea groups is 1. The Labute approximate surface area is 149 Å². The summed E-state index contributed by atoms with van der Waals surface area (Å²) in [6.07, 6.45) is 1.14. The van der Waals surface area contributed by atoms with Crippen LogP contribution in [0.2, 0.25) is 0 Å². The van der Waals surface area contributed by atoms with Crippen LogP contribution in [0, 0.1) is 0 Å². The number of rotatable bonds is 5. The van der Waals surface area contributed by atoms with Crippen molar-refractivity contribution in [2.24, 2.45) is 0 Å². The maximum atomic E-state index is 12.6. The second-order valence-electron chi connectivity index (χ2n) is 6.82. The number of aliphatic hydroxyl groups excluding tert-OH is 1. The predicted molar refractivity (Wildman–Crippen MR) is 99.4 cm³/mol. The summed E-state index contributed by atoms with van der Waals surface area (Å²) in [5.41, 5.74) is 3.71. The Morgan fingerprint density at radius 1 is 1.12 bits per heavy atom. The van der Waals surface area contributed by atoms with Gasteiger partial charge in [-0.05, 0) is 36.5 Å². The normalized spacial score (nSPS) is 16.0. The van der Waals surface area contributed by atoms with E-state index in [0.29, 0.717) is 19.5 Å². The number of carbonyl (C=O) groups excluding carboxylic acids is 1. The summed E-state index contributed by atoms with van der Waals surface area (Å²) in [6, 6.07) is 18.3. The van der Waals surface area contributed by atoms with Gasteiger partial charge in [0.05, 0.1) is 6.10 Å². The SMILES string of the molecule is C[C@@H](O)C[C@@H](CNC(=O)N1CCc2ccccc2C1)c1ccccc1. The Balaban J connectivity index is 1.60. The van der Waals surface area contributed by atoms with E-state index in [1.807, 2.05) is 29.2 Å². The van der Waals surface area contributed by atoms with Crippen LogP contribution in [0.15, 0.2) is 54.6 Å². The molecule has 1 aliphatic rings. The van der Waals surface area contributed by atoms with Gasteiger partial charge in [-0.25, -0.2) is 4.79 Å². The van der Waals surface area contributed by atoms with Crippen molar-refractivity contribution in [2.75, 3.05) is 13.1 Å². The zero-order valence-electron chi connectivity index (χ0n) is 14.7. The Morgan fingerprint density at radius 2 is 1.80 bits per heavy atom. The summed E-state index contributed by atoms with van der Waals surface area (Å²) in [4.78, 5) is 14.4. The first kappa shape index (κ1) is 17.5. The van der Waals surface area contributed by atoms with Gasteiger partial charge in [-0.15, -0.1) is 0 Å². The Kier molecular flexibility index (Phi) is 5.71. The summed E-state index contributed by atoms with van der Waals surface area (Å²) in [7, 11) is 0. The summed E-state index contributed by atoms with van der Waals surface area (Å²) < 4.78 is 0. The molecule has 0 aliphatic carbocycles. The summed E-state index contributed by atoms with van der Waals surface area (Å²) in [6.45, 7) is 3.73. The number of hydrogen-bond acceptors (Lipinski definition) is 2. The second-order valence-corrected chi connectivity index (χ2v) is 6.82. The van der Waals surface area contributed by atoms with Crippen LogP contribution in [0.25, 0.3) is 0 Å². The Hall–Kier alpha value is -2.33. The number of carbonyl (C=O) groups is 1. The fourth-order valence-corrected chi connectivity index (χ4v) is 3.47. The number of aliphatic hydroxyl groups is 1. The van der Waals surface area contributed by atoms with Crippen LogP contribution in [0.5, 0.6) is 0 Å². The maximum absolute atomic E-state index is 12.6. The number of fused-ring (bicyclic) bond motifs is 1. The van der Waals surface area contributed by atoms with Crippen molar-refractivity contribution in [3.63, 3.8) is 0 Å². The van der Waals surface area contributed by atoms with Gasteiger partial charge in [0.2, 0.25) is 0 Å². The molecular weight excluding hydrogens is 312 g/mol. The molecule has 0 saturated heterocycles. The molecule has 0 spiro atoms. The Morgan fingerprint density at radius 3 is 2.52 bits per heavy atom. The zero-order valence-corrected chi connectivity index (χ0v) is 14.7. The largest absolute Gasteiger partial charge is 0.393 e. The monoisotopic (exact) mass is 338 g/mol. The first-order valence-electron chi connectivity index (χ1n) is 8.96.